The molecule has 2 atom stereocenters. The van der Waals surface area contributed by atoms with Crippen LogP contribution in [-0.2, 0) is 4.79 Å². The van der Waals surface area contributed by atoms with Crippen LogP contribution in [0.1, 0.15) is 19.3 Å². The van der Waals surface area contributed by atoms with Crippen molar-refractivity contribution in [3.05, 3.63) is 30.6 Å². The Morgan fingerprint density at radius 2 is 2.18 bits per heavy atom. The second kappa shape index (κ2) is 6.81. The molecule has 2 N–H and O–H groups in total. The number of carboxylic acids is 1. The van der Waals surface area contributed by atoms with Gasteiger partial charge in [-0.05, 0) is 37.0 Å². The number of rotatable bonds is 4. The van der Waals surface area contributed by atoms with Crippen molar-refractivity contribution in [3.8, 4) is 5.69 Å². The fourth-order valence-electron chi connectivity index (χ4n) is 4.31. The molecule has 2 fully saturated rings. The molecule has 2 heterocycles. The molecule has 1 aliphatic carbocycles. The third kappa shape index (κ3) is 3.06. The molecule has 0 bridgehead atoms. The lowest BCUT2D eigenvalue weighted by Crippen LogP contribution is -2.38. The molecule has 1 aromatic carbocycles. The molecule has 148 valence electrons. The van der Waals surface area contributed by atoms with Crippen LogP contribution < -0.4 is 10.2 Å². The quantitative estimate of drug-likeness (QED) is 0.836. The van der Waals surface area contributed by atoms with Crippen LogP contribution in [-0.4, -0.2) is 64.0 Å². The molecule has 9 nitrogen and oxygen atoms in total. The number of fused-ring (bicyclic) bond motifs is 1. The molecule has 2 amide bonds. The summed E-state index contributed by atoms with van der Waals surface area (Å²) in [4.78, 5) is 32.2. The molecule has 0 unspecified atom stereocenters. The van der Waals surface area contributed by atoms with Crippen molar-refractivity contribution in [2.45, 2.75) is 19.3 Å². The predicted molar refractivity (Wildman–Crippen MR) is 104 cm³/mol. The minimum Gasteiger partial charge on any atom is -0.481 e. The van der Waals surface area contributed by atoms with Gasteiger partial charge < -0.3 is 20.2 Å². The number of carboxylic acid groups (broad SMARTS) is 1. The number of carbonyl (C=O) groups is 2. The first-order valence-corrected chi connectivity index (χ1v) is 9.38. The van der Waals surface area contributed by atoms with Gasteiger partial charge in [-0.15, -0.1) is 5.10 Å². The monoisotopic (exact) mass is 384 g/mol. The van der Waals surface area contributed by atoms with Crippen molar-refractivity contribution in [2.75, 3.05) is 37.4 Å². The van der Waals surface area contributed by atoms with Gasteiger partial charge in [0, 0.05) is 32.9 Å². The van der Waals surface area contributed by atoms with E-state index in [1.165, 1.54) is 0 Å². The zero-order valence-electron chi connectivity index (χ0n) is 16.0. The minimum atomic E-state index is -0.782. The van der Waals surface area contributed by atoms with Gasteiger partial charge in [0.15, 0.2) is 0 Å². The Kier molecular flexibility index (Phi) is 4.44. The smallest absolute Gasteiger partial charge is 0.321 e. The average Bonchev–Trinajstić information content (AvgIpc) is 3.36. The topological polar surface area (TPSA) is 104 Å². The number of aromatic nitrogens is 3. The molecule has 2 aliphatic rings. The molecule has 1 aromatic heterocycles. The average molecular weight is 384 g/mol. The number of anilines is 2. The van der Waals surface area contributed by atoms with Crippen molar-refractivity contribution in [1.82, 2.24) is 19.7 Å². The first-order valence-electron chi connectivity index (χ1n) is 9.38. The molecule has 0 spiro atoms. The molecule has 1 saturated carbocycles. The summed E-state index contributed by atoms with van der Waals surface area (Å²) in [6.07, 6.45) is 4.05. The Labute approximate surface area is 163 Å². The van der Waals surface area contributed by atoms with E-state index in [-0.39, 0.29) is 18.5 Å². The van der Waals surface area contributed by atoms with Gasteiger partial charge in [0.1, 0.15) is 6.33 Å². The van der Waals surface area contributed by atoms with Crippen LogP contribution in [0.3, 0.4) is 0 Å². The number of hydrogen-bond acceptors (Lipinski definition) is 5. The zero-order chi connectivity index (χ0) is 19.9. The number of nitrogens with zero attached hydrogens (tertiary/aromatic N) is 5. The van der Waals surface area contributed by atoms with Crippen molar-refractivity contribution in [3.63, 3.8) is 0 Å². The van der Waals surface area contributed by atoms with Gasteiger partial charge in [-0.2, -0.15) is 4.98 Å². The van der Waals surface area contributed by atoms with E-state index >= 15 is 0 Å². The highest BCUT2D eigenvalue weighted by atomic mass is 16.4. The van der Waals surface area contributed by atoms with E-state index in [9.17, 15) is 14.7 Å². The largest absolute Gasteiger partial charge is 0.481 e. The maximum Gasteiger partial charge on any atom is 0.321 e. The van der Waals surface area contributed by atoms with Crippen LogP contribution in [0.4, 0.5) is 16.4 Å². The van der Waals surface area contributed by atoms with Crippen LogP contribution in [0.5, 0.6) is 0 Å². The molecule has 0 radical (unpaired) electrons. The summed E-state index contributed by atoms with van der Waals surface area (Å²) in [7, 11) is 3.73. The lowest BCUT2D eigenvalue weighted by Gasteiger charge is -2.23. The van der Waals surface area contributed by atoms with Crippen LogP contribution >= 0.6 is 0 Å². The molecular formula is C19H24N6O3. The highest BCUT2D eigenvalue weighted by Gasteiger charge is 2.55. The van der Waals surface area contributed by atoms with Crippen LogP contribution in [0.15, 0.2) is 30.6 Å². The van der Waals surface area contributed by atoms with Gasteiger partial charge in [-0.3, -0.25) is 4.79 Å². The highest BCUT2D eigenvalue weighted by Crippen LogP contribution is 2.48. The van der Waals surface area contributed by atoms with Crippen LogP contribution in [0, 0.1) is 11.3 Å². The van der Waals surface area contributed by atoms with Gasteiger partial charge in [-0.1, -0.05) is 12.5 Å². The Morgan fingerprint density at radius 3 is 2.86 bits per heavy atom. The highest BCUT2D eigenvalue weighted by molar-refractivity contribution is 5.91. The van der Waals surface area contributed by atoms with Gasteiger partial charge in [0.05, 0.1) is 11.1 Å². The Morgan fingerprint density at radius 1 is 1.36 bits per heavy atom. The fourth-order valence-corrected chi connectivity index (χ4v) is 4.31. The van der Waals surface area contributed by atoms with Crippen LogP contribution in [0.2, 0.25) is 0 Å². The summed E-state index contributed by atoms with van der Waals surface area (Å²) in [6.45, 7) is 0.765. The molecule has 9 heteroatoms. The summed E-state index contributed by atoms with van der Waals surface area (Å²) < 4.78 is 1.64. The van der Waals surface area contributed by atoms with Gasteiger partial charge in [0.2, 0.25) is 5.95 Å². The number of aliphatic carboxylic acids is 1. The Bertz CT molecular complexity index is 911. The number of benzene rings is 1. The molecule has 2 aromatic rings. The first-order chi connectivity index (χ1) is 13.4. The number of likely N-dealkylation sites (tertiary alicyclic amines) is 1. The standard InChI is InChI=1S/C19H24N6O3/c1-23(2)17-20-12-25(22-17)15-7-3-6-14(9-15)21-18(28)24-10-13-5-4-8-19(13,11-24)16(26)27/h3,6-7,9,12-13H,4-5,8,10-11H2,1-2H3,(H,21,28)(H,26,27)/t13-,19+/m0/s1. The molecule has 28 heavy (non-hydrogen) atoms. The third-order valence-electron chi connectivity index (χ3n) is 5.83. The normalized spacial score (nSPS) is 23.5. The zero-order valence-corrected chi connectivity index (χ0v) is 16.0. The Hall–Kier alpha value is -3.10. The van der Waals surface area contributed by atoms with Crippen molar-refractivity contribution in [2.24, 2.45) is 11.3 Å². The maximum atomic E-state index is 12.7. The van der Waals surface area contributed by atoms with Gasteiger partial charge >= 0.3 is 12.0 Å². The number of nitrogens with one attached hydrogen (secondary N) is 1. The van der Waals surface area contributed by atoms with E-state index in [1.54, 1.807) is 22.0 Å². The Balaban J connectivity index is 1.47. The van der Waals surface area contributed by atoms with E-state index in [2.05, 4.69) is 15.4 Å². The van der Waals surface area contributed by atoms with Crippen molar-refractivity contribution >= 4 is 23.6 Å². The summed E-state index contributed by atoms with van der Waals surface area (Å²) in [5.74, 6) is -0.145. The van der Waals surface area contributed by atoms with E-state index in [0.29, 0.717) is 24.6 Å². The second-order valence-corrected chi connectivity index (χ2v) is 7.80. The summed E-state index contributed by atoms with van der Waals surface area (Å²) >= 11 is 0. The SMILES string of the molecule is CN(C)c1ncn(-c2cccc(NC(=O)N3C[C@@H]4CCC[C@@]4(C(=O)O)C3)c2)n1. The lowest BCUT2D eigenvalue weighted by molar-refractivity contribution is -0.149. The van der Waals surface area contributed by atoms with Gasteiger partial charge in [-0.25, -0.2) is 9.48 Å². The number of hydrogen-bond donors (Lipinski definition) is 2. The van der Waals surface area contributed by atoms with E-state index in [1.807, 2.05) is 37.2 Å². The van der Waals surface area contributed by atoms with E-state index < -0.39 is 11.4 Å². The third-order valence-corrected chi connectivity index (χ3v) is 5.83. The van der Waals surface area contributed by atoms with Crippen molar-refractivity contribution < 1.29 is 14.7 Å². The number of amides is 2. The molecular weight excluding hydrogens is 360 g/mol. The molecule has 1 aliphatic heterocycles. The first kappa shape index (κ1) is 18.3. The summed E-state index contributed by atoms with van der Waals surface area (Å²) in [5, 5.41) is 17.0. The van der Waals surface area contributed by atoms with Gasteiger partial charge in [0.25, 0.3) is 0 Å². The lowest BCUT2D eigenvalue weighted by atomic mass is 9.81. The predicted octanol–water partition coefficient (Wildman–Crippen LogP) is 2.05. The minimum absolute atomic E-state index is 0.0432. The van der Waals surface area contributed by atoms with E-state index in [4.69, 9.17) is 0 Å². The molecule has 1 saturated heterocycles. The number of carbonyl (C=O) groups excluding carboxylic acids is 1. The molecule has 4 rings (SSSR count). The van der Waals surface area contributed by atoms with Crippen LogP contribution in [0.25, 0.3) is 5.69 Å². The summed E-state index contributed by atoms with van der Waals surface area (Å²) in [5.41, 5.74) is 0.632. The summed E-state index contributed by atoms with van der Waals surface area (Å²) in [6, 6.07) is 7.06. The van der Waals surface area contributed by atoms with E-state index in [0.717, 1.165) is 18.5 Å². The second-order valence-electron chi connectivity index (χ2n) is 7.80. The van der Waals surface area contributed by atoms with Crippen molar-refractivity contribution in [1.29, 1.82) is 0 Å². The maximum absolute atomic E-state index is 12.7. The fraction of sp³-hybridized carbons (Fsp3) is 0.474. The number of urea groups is 1.